The molecule has 5 rings (SSSR count). The van der Waals surface area contributed by atoms with E-state index in [1.807, 2.05) is 41.1 Å². The smallest absolute Gasteiger partial charge is 0.352 e. The third kappa shape index (κ3) is 3.77. The first-order valence-corrected chi connectivity index (χ1v) is 11.2. The molecule has 2 fully saturated rings. The molecule has 1 aliphatic heterocycles. The molecular formula is C24H23F3N4S. The van der Waals surface area contributed by atoms with Crippen LogP contribution in [0.2, 0.25) is 0 Å². The fourth-order valence-electron chi connectivity index (χ4n) is 4.96. The SMILES string of the molecule is FC(F)(F)c1cccc(-n2cccc2C2C(c3ccccn3)NC(=S)N2C2CCCC2)c1. The van der Waals surface area contributed by atoms with Crippen LogP contribution in [0.15, 0.2) is 67.0 Å². The average Bonchev–Trinajstić information content (AvgIpc) is 3.53. The van der Waals surface area contributed by atoms with Crippen molar-refractivity contribution < 1.29 is 13.2 Å². The molecule has 32 heavy (non-hydrogen) atoms. The molecule has 8 heteroatoms. The van der Waals surface area contributed by atoms with Gasteiger partial charge in [0.25, 0.3) is 0 Å². The number of benzene rings is 1. The van der Waals surface area contributed by atoms with E-state index < -0.39 is 11.7 Å². The zero-order valence-electron chi connectivity index (χ0n) is 17.3. The molecule has 0 radical (unpaired) electrons. The second kappa shape index (κ2) is 8.24. The van der Waals surface area contributed by atoms with Crippen LogP contribution < -0.4 is 5.32 Å². The third-order valence-corrected chi connectivity index (χ3v) is 6.72. The Kier molecular flexibility index (Phi) is 5.41. The van der Waals surface area contributed by atoms with Gasteiger partial charge in [0.15, 0.2) is 5.11 Å². The Hall–Kier alpha value is -2.87. The number of hydrogen-bond acceptors (Lipinski definition) is 2. The molecule has 2 aromatic heterocycles. The number of hydrogen-bond donors (Lipinski definition) is 1. The van der Waals surface area contributed by atoms with E-state index in [1.54, 1.807) is 12.3 Å². The second-order valence-corrected chi connectivity index (χ2v) is 8.71. The molecule has 3 aromatic rings. The molecule has 1 N–H and O–H groups in total. The maximum Gasteiger partial charge on any atom is 0.416 e. The summed E-state index contributed by atoms with van der Waals surface area (Å²) >= 11 is 5.76. The first-order valence-electron chi connectivity index (χ1n) is 10.8. The Labute approximate surface area is 190 Å². The van der Waals surface area contributed by atoms with Crippen LogP contribution in [0.4, 0.5) is 13.2 Å². The maximum atomic E-state index is 13.4. The molecule has 3 heterocycles. The first-order chi connectivity index (χ1) is 15.4. The summed E-state index contributed by atoms with van der Waals surface area (Å²) in [6.45, 7) is 0. The van der Waals surface area contributed by atoms with Crippen LogP contribution in [0.5, 0.6) is 0 Å². The van der Waals surface area contributed by atoms with Crippen molar-refractivity contribution in [2.45, 2.75) is 50.0 Å². The summed E-state index contributed by atoms with van der Waals surface area (Å²) in [6.07, 6.45) is 3.58. The fraction of sp³-hybridized carbons (Fsp3) is 0.333. The largest absolute Gasteiger partial charge is 0.416 e. The van der Waals surface area contributed by atoms with Crippen molar-refractivity contribution in [2.75, 3.05) is 0 Å². The molecule has 0 spiro atoms. The average molecular weight is 457 g/mol. The van der Waals surface area contributed by atoms with Gasteiger partial charge in [0.2, 0.25) is 0 Å². The van der Waals surface area contributed by atoms with Gasteiger partial charge in [0.05, 0.1) is 23.3 Å². The summed E-state index contributed by atoms with van der Waals surface area (Å²) in [5, 5.41) is 4.13. The van der Waals surface area contributed by atoms with Crippen molar-refractivity contribution in [3.8, 4) is 5.69 Å². The number of pyridine rings is 1. The highest BCUT2D eigenvalue weighted by atomic mass is 32.1. The molecule has 0 amide bonds. The summed E-state index contributed by atoms with van der Waals surface area (Å²) in [4.78, 5) is 6.81. The van der Waals surface area contributed by atoms with Crippen LogP contribution in [0.1, 0.15) is 54.7 Å². The minimum Gasteiger partial charge on any atom is -0.352 e. The maximum absolute atomic E-state index is 13.4. The lowest BCUT2D eigenvalue weighted by molar-refractivity contribution is -0.137. The fourth-order valence-corrected chi connectivity index (χ4v) is 5.35. The Morgan fingerprint density at radius 3 is 2.53 bits per heavy atom. The molecule has 1 saturated heterocycles. The standard InChI is InChI=1S/C24H23F3N4S/c25-24(26,27)16-7-5-10-18(15-16)30-14-6-12-20(30)22-21(19-11-3-4-13-28-19)29-23(32)31(22)17-8-1-2-9-17/h3-7,10-15,17,21-22H,1-2,8-9H2,(H,29,32). The van der Waals surface area contributed by atoms with Gasteiger partial charge in [-0.2, -0.15) is 13.2 Å². The quantitative estimate of drug-likeness (QED) is 0.503. The van der Waals surface area contributed by atoms with Gasteiger partial charge in [-0.25, -0.2) is 0 Å². The van der Waals surface area contributed by atoms with E-state index in [4.69, 9.17) is 12.2 Å². The van der Waals surface area contributed by atoms with Gasteiger partial charge >= 0.3 is 6.18 Å². The highest BCUT2D eigenvalue weighted by Gasteiger charge is 2.44. The Balaban J connectivity index is 1.61. The molecule has 166 valence electrons. The summed E-state index contributed by atoms with van der Waals surface area (Å²) < 4.78 is 41.9. The van der Waals surface area contributed by atoms with Crippen LogP contribution in [0.25, 0.3) is 5.69 Å². The molecule has 0 bridgehead atoms. The second-order valence-electron chi connectivity index (χ2n) is 8.32. The molecule has 4 nitrogen and oxygen atoms in total. The Morgan fingerprint density at radius 2 is 1.81 bits per heavy atom. The molecular weight excluding hydrogens is 433 g/mol. The lowest BCUT2D eigenvalue weighted by atomic mass is 9.99. The number of halogens is 3. The zero-order chi connectivity index (χ0) is 22.3. The van der Waals surface area contributed by atoms with E-state index in [-0.39, 0.29) is 12.1 Å². The summed E-state index contributed by atoms with van der Waals surface area (Å²) in [5.41, 5.74) is 1.56. The monoisotopic (exact) mass is 456 g/mol. The van der Waals surface area contributed by atoms with Gasteiger partial charge in [0.1, 0.15) is 0 Å². The Morgan fingerprint density at radius 1 is 1.00 bits per heavy atom. The van der Waals surface area contributed by atoms with Gasteiger partial charge in [0, 0.05) is 29.8 Å². The van der Waals surface area contributed by atoms with Crippen molar-refractivity contribution in [2.24, 2.45) is 0 Å². The number of aromatic nitrogens is 2. The molecule has 1 saturated carbocycles. The Bertz CT molecular complexity index is 1110. The van der Waals surface area contributed by atoms with E-state index in [1.165, 1.54) is 12.1 Å². The molecule has 2 unspecified atom stereocenters. The van der Waals surface area contributed by atoms with Gasteiger partial charge in [-0.1, -0.05) is 25.0 Å². The predicted octanol–water partition coefficient (Wildman–Crippen LogP) is 5.81. The van der Waals surface area contributed by atoms with E-state index in [9.17, 15) is 13.2 Å². The summed E-state index contributed by atoms with van der Waals surface area (Å²) in [6, 6.07) is 15.0. The van der Waals surface area contributed by atoms with Gasteiger partial charge in [-0.05, 0) is 67.5 Å². The summed E-state index contributed by atoms with van der Waals surface area (Å²) in [7, 11) is 0. The van der Waals surface area contributed by atoms with Crippen LogP contribution in [0.3, 0.4) is 0 Å². The van der Waals surface area contributed by atoms with E-state index in [0.29, 0.717) is 16.8 Å². The minimum absolute atomic E-state index is 0.176. The number of rotatable bonds is 4. The van der Waals surface area contributed by atoms with Crippen molar-refractivity contribution in [3.05, 3.63) is 83.9 Å². The lowest BCUT2D eigenvalue weighted by Crippen LogP contribution is -2.38. The number of nitrogens with zero attached hydrogens (tertiary/aromatic N) is 3. The van der Waals surface area contributed by atoms with Crippen molar-refractivity contribution in [1.29, 1.82) is 0 Å². The third-order valence-electron chi connectivity index (χ3n) is 6.39. The van der Waals surface area contributed by atoms with Crippen molar-refractivity contribution >= 4 is 17.3 Å². The number of nitrogens with one attached hydrogen (secondary N) is 1. The van der Waals surface area contributed by atoms with Crippen LogP contribution in [-0.4, -0.2) is 25.6 Å². The van der Waals surface area contributed by atoms with Gasteiger partial charge in [-0.15, -0.1) is 0 Å². The van der Waals surface area contributed by atoms with E-state index in [0.717, 1.165) is 43.1 Å². The van der Waals surface area contributed by atoms with E-state index >= 15 is 0 Å². The number of thiocarbonyl (C=S) groups is 1. The van der Waals surface area contributed by atoms with Crippen LogP contribution >= 0.6 is 12.2 Å². The topological polar surface area (TPSA) is 33.1 Å². The predicted molar refractivity (Wildman–Crippen MR) is 120 cm³/mol. The summed E-state index contributed by atoms with van der Waals surface area (Å²) in [5.74, 6) is 0. The van der Waals surface area contributed by atoms with Crippen molar-refractivity contribution in [3.63, 3.8) is 0 Å². The van der Waals surface area contributed by atoms with Crippen molar-refractivity contribution in [1.82, 2.24) is 19.8 Å². The molecule has 2 aliphatic rings. The van der Waals surface area contributed by atoms with Gasteiger partial charge in [-0.3, -0.25) is 4.98 Å². The highest BCUT2D eigenvalue weighted by molar-refractivity contribution is 7.80. The normalized spacial score (nSPS) is 21.8. The van der Waals surface area contributed by atoms with Crippen LogP contribution in [0, 0.1) is 0 Å². The molecule has 1 aliphatic carbocycles. The molecule has 2 atom stereocenters. The lowest BCUT2D eigenvalue weighted by Gasteiger charge is -2.33. The number of alkyl halides is 3. The first kappa shape index (κ1) is 21.0. The van der Waals surface area contributed by atoms with Crippen LogP contribution in [-0.2, 0) is 6.18 Å². The molecule has 1 aromatic carbocycles. The van der Waals surface area contributed by atoms with Gasteiger partial charge < -0.3 is 14.8 Å². The zero-order valence-corrected chi connectivity index (χ0v) is 18.1. The highest BCUT2D eigenvalue weighted by Crippen LogP contribution is 2.43. The minimum atomic E-state index is -4.40. The van der Waals surface area contributed by atoms with E-state index in [2.05, 4.69) is 15.2 Å².